The highest BCUT2D eigenvalue weighted by Gasteiger charge is 2.04. The molecule has 0 aliphatic carbocycles. The zero-order valence-corrected chi connectivity index (χ0v) is 62.6. The summed E-state index contributed by atoms with van der Waals surface area (Å²) in [5.41, 5.74) is 0. The lowest BCUT2D eigenvalue weighted by atomic mass is 14.0. The molecule has 0 saturated carbocycles. The van der Waals surface area contributed by atoms with Crippen molar-refractivity contribution in [2.24, 2.45) is 0 Å². The normalized spacial score (nSPS) is 7.38. The third-order valence-electron chi connectivity index (χ3n) is 0. The monoisotopic (exact) mass is 1790 g/mol. The van der Waals surface area contributed by atoms with E-state index < -0.39 is 93.9 Å². The molecule has 0 bridgehead atoms. The van der Waals surface area contributed by atoms with Crippen molar-refractivity contribution >= 4 is 93.9 Å². The van der Waals surface area contributed by atoms with E-state index in [2.05, 4.69) is 0 Å². The molecular formula is H144N36O48P12. The number of phosphoric acid groups is 12. The van der Waals surface area contributed by atoms with Gasteiger partial charge in [0.25, 0.3) is 0 Å². The van der Waals surface area contributed by atoms with E-state index in [1.165, 1.54) is 0 Å². The van der Waals surface area contributed by atoms with E-state index in [-0.39, 0.29) is 221 Å². The number of hydrogen-bond donors (Lipinski definition) is 72. The molecule has 0 aliphatic heterocycles. The summed E-state index contributed by atoms with van der Waals surface area (Å²) in [7, 11) is -55.7. The average molecular weight is 1790 g/mol. The smallest absolute Gasteiger partial charge is 0.344 e. The minimum atomic E-state index is -4.64. The fraction of sp³-hybridized carbons (Fsp3) is 0. The average Bonchev–Trinajstić information content (AvgIpc) is 2.48. The van der Waals surface area contributed by atoms with Crippen LogP contribution in [0.4, 0.5) is 0 Å². The molecule has 0 rings (SSSR count). The molecule has 0 atom stereocenters. The van der Waals surface area contributed by atoms with Crippen molar-refractivity contribution in [2.45, 2.75) is 0 Å². The van der Waals surface area contributed by atoms with Crippen molar-refractivity contribution in [3.63, 3.8) is 0 Å². The fourth-order valence-corrected chi connectivity index (χ4v) is 0. The van der Waals surface area contributed by atoms with E-state index in [4.69, 9.17) is 231 Å². The molecule has 0 saturated heterocycles. The van der Waals surface area contributed by atoms with Gasteiger partial charge in [-0.25, -0.2) is 54.8 Å². The molecule has 0 unspecified atom stereocenters. The lowest BCUT2D eigenvalue weighted by Crippen LogP contribution is -1.66. The zero-order valence-electron chi connectivity index (χ0n) is 51.8. The third kappa shape index (κ3) is 56200000. The Morgan fingerprint density at radius 2 is 0.0729 bits per heavy atom. The lowest BCUT2D eigenvalue weighted by Gasteiger charge is -1.82. The fourth-order valence-electron chi connectivity index (χ4n) is 0. The molecule has 0 aromatic heterocycles. The van der Waals surface area contributed by atoms with Crippen molar-refractivity contribution in [2.75, 3.05) is 0 Å². The summed E-state index contributed by atoms with van der Waals surface area (Å²) in [4.78, 5) is 259. The van der Waals surface area contributed by atoms with Crippen LogP contribution in [0.25, 0.3) is 0 Å². The van der Waals surface area contributed by atoms with Crippen LogP contribution in [0.3, 0.4) is 0 Å². The highest BCUT2D eigenvalue weighted by molar-refractivity contribution is 7.47. The van der Waals surface area contributed by atoms with Crippen molar-refractivity contribution in [1.29, 1.82) is 0 Å². The highest BCUT2D eigenvalue weighted by Crippen LogP contribution is 2.30. The summed E-state index contributed by atoms with van der Waals surface area (Å²) in [6, 6.07) is 0. The molecule has 144 N–H and O–H groups in total. The molecule has 84 nitrogen and oxygen atoms in total. The van der Waals surface area contributed by atoms with Crippen LogP contribution in [-0.4, -0.2) is 176 Å². The molecule has 96 heavy (non-hydrogen) atoms. The Balaban J connectivity index is -0.00000000550. The first-order chi connectivity index (χ1) is 24.0. The Morgan fingerprint density at radius 3 is 0.0729 bits per heavy atom. The molecule has 672 valence electrons. The SMILES string of the molecule is N.N.N.N.N.N.N.N.N.N.N.N.N.N.N.N.N.N.N.N.N.N.N.N.N.N.N.N.N.N.N.N.N.N.N.N.O=P(O)(O)O.O=P(O)(O)O.O=P(O)(O)O.O=P(O)(O)O.O=P(O)(O)O.O=P(O)(O)O.O=P(O)(O)O.O=P(O)(O)O.O=P(O)(O)O.O=P(O)(O)O.O=P(O)(O)O.O=P(O)(O)O. The Bertz CT molecular complexity index is 1120. The molecule has 0 radical (unpaired) electrons. The Kier molecular flexibility index (Phi) is 635. The summed E-state index contributed by atoms with van der Waals surface area (Å²) < 4.78 is 107. The van der Waals surface area contributed by atoms with Gasteiger partial charge in [0.15, 0.2) is 0 Å². The second-order valence-electron chi connectivity index (χ2n) is 6.16. The van der Waals surface area contributed by atoms with E-state index in [9.17, 15) is 0 Å². The van der Waals surface area contributed by atoms with Crippen molar-refractivity contribution < 1.29 is 231 Å². The first kappa shape index (κ1) is 377. The lowest BCUT2D eigenvalue weighted by molar-refractivity contribution is 0.272. The van der Waals surface area contributed by atoms with E-state index >= 15 is 0 Å². The molecule has 0 aromatic rings. The molecule has 0 amide bonds. The van der Waals surface area contributed by atoms with Crippen molar-refractivity contribution in [3.8, 4) is 0 Å². The van der Waals surface area contributed by atoms with Crippen LogP contribution >= 0.6 is 93.9 Å². The largest absolute Gasteiger partial charge is 0.466 e. The molecule has 0 fully saturated rings. The van der Waals surface area contributed by atoms with Crippen LogP contribution < -0.4 is 221 Å². The van der Waals surface area contributed by atoms with Gasteiger partial charge >= 0.3 is 93.9 Å². The van der Waals surface area contributed by atoms with Gasteiger partial charge in [-0.2, -0.15) is 0 Å². The quantitative estimate of drug-likeness (QED) is 0.101. The number of hydrogen-bond acceptors (Lipinski definition) is 48. The Morgan fingerprint density at radius 1 is 0.0729 bits per heavy atom. The summed E-state index contributed by atoms with van der Waals surface area (Å²) in [6.45, 7) is 0. The first-order valence-electron chi connectivity index (χ1n) is 9.39. The Labute approximate surface area is 546 Å². The zero-order chi connectivity index (χ0) is 54.0. The summed E-state index contributed by atoms with van der Waals surface area (Å²) in [5, 5.41) is 0. The van der Waals surface area contributed by atoms with E-state index in [1.807, 2.05) is 0 Å². The van der Waals surface area contributed by atoms with Gasteiger partial charge in [0.1, 0.15) is 0 Å². The standard InChI is InChI=1S/36H3N.12H3O4P/c;;;;;;;;;;;;;;;;;;;;;;;;;;;;;;;;;;;;12*1-5(2,3)4/h36*1H3;12*(H3,1,2,3,4). The van der Waals surface area contributed by atoms with Crippen molar-refractivity contribution in [3.05, 3.63) is 0 Å². The Hall–Kier alpha value is -0.120. The van der Waals surface area contributed by atoms with Crippen LogP contribution in [0, 0.1) is 0 Å². The maximum atomic E-state index is 8.88. The van der Waals surface area contributed by atoms with Gasteiger partial charge in [-0.05, 0) is 0 Å². The molecule has 96 heteroatoms. The second-order valence-corrected chi connectivity index (χ2v) is 18.5. The molecule has 0 heterocycles. The summed E-state index contributed by atoms with van der Waals surface area (Å²) in [6.07, 6.45) is 0. The van der Waals surface area contributed by atoms with Gasteiger partial charge in [0.2, 0.25) is 0 Å². The van der Waals surface area contributed by atoms with Gasteiger partial charge in [-0.15, -0.1) is 0 Å². The van der Waals surface area contributed by atoms with E-state index in [1.54, 1.807) is 0 Å². The number of rotatable bonds is 0. The van der Waals surface area contributed by atoms with Gasteiger partial charge < -0.3 is 398 Å². The topological polar surface area (TPSA) is 2190 Å². The minimum Gasteiger partial charge on any atom is -0.344 e. The van der Waals surface area contributed by atoms with Crippen LogP contribution in [0.2, 0.25) is 0 Å². The first-order valence-corrected chi connectivity index (χ1v) is 28.2. The summed E-state index contributed by atoms with van der Waals surface area (Å²) in [5.74, 6) is 0. The van der Waals surface area contributed by atoms with E-state index in [0.717, 1.165) is 0 Å². The van der Waals surface area contributed by atoms with Crippen LogP contribution in [0.5, 0.6) is 0 Å². The second kappa shape index (κ2) is 162. The molecule has 0 spiro atoms. The van der Waals surface area contributed by atoms with Gasteiger partial charge in [-0.1, -0.05) is 0 Å². The summed E-state index contributed by atoms with van der Waals surface area (Å²) >= 11 is 0. The van der Waals surface area contributed by atoms with Gasteiger partial charge in [0, 0.05) is 0 Å². The minimum absolute atomic E-state index is 0. The maximum absolute atomic E-state index is 8.88. The molecule has 0 aliphatic rings. The maximum Gasteiger partial charge on any atom is 0.466 e. The predicted molar refractivity (Wildman–Crippen MR) is 352 cm³/mol. The van der Waals surface area contributed by atoms with Crippen LogP contribution in [-0.2, 0) is 54.8 Å². The third-order valence-corrected chi connectivity index (χ3v) is 0. The van der Waals surface area contributed by atoms with Gasteiger partial charge in [0.05, 0.1) is 0 Å². The molecule has 0 aromatic carbocycles. The van der Waals surface area contributed by atoms with E-state index in [0.29, 0.717) is 0 Å². The molecular weight excluding hydrogens is 1640 g/mol. The van der Waals surface area contributed by atoms with Crippen LogP contribution in [0.15, 0.2) is 0 Å². The van der Waals surface area contributed by atoms with Gasteiger partial charge in [-0.3, -0.25) is 0 Å². The highest BCUT2D eigenvalue weighted by atomic mass is 31.2. The van der Waals surface area contributed by atoms with Crippen molar-refractivity contribution in [1.82, 2.24) is 221 Å². The van der Waals surface area contributed by atoms with Crippen LogP contribution in [0.1, 0.15) is 0 Å². The predicted octanol–water partition coefficient (Wildman–Crippen LogP) is -5.31.